The third-order valence-electron chi connectivity index (χ3n) is 3.62. The molecule has 0 N–H and O–H groups in total. The topological polar surface area (TPSA) is 94.9 Å². The highest BCUT2D eigenvalue weighted by Gasteiger charge is 2.16. The molecule has 0 radical (unpaired) electrons. The number of nitrogens with zero attached hydrogens (tertiary/aromatic N) is 5. The lowest BCUT2D eigenvalue weighted by Gasteiger charge is -2.20. The summed E-state index contributed by atoms with van der Waals surface area (Å²) < 4.78 is 14.0. The van der Waals surface area contributed by atoms with E-state index < -0.39 is 16.4 Å². The van der Waals surface area contributed by atoms with Crippen molar-refractivity contribution < 1.29 is 9.31 Å². The molecule has 2 aromatic rings. The van der Waals surface area contributed by atoms with E-state index >= 15 is 0 Å². The van der Waals surface area contributed by atoms with Crippen molar-refractivity contribution in [2.75, 3.05) is 18.0 Å². The van der Waals surface area contributed by atoms with E-state index in [2.05, 4.69) is 29.0 Å². The van der Waals surface area contributed by atoms with Crippen LogP contribution in [0.15, 0.2) is 46.6 Å². The van der Waals surface area contributed by atoms with Gasteiger partial charge in [0.15, 0.2) is 5.82 Å². The minimum absolute atomic E-state index is 0.241. The maximum absolute atomic E-state index is 14.0. The van der Waals surface area contributed by atoms with Crippen LogP contribution >= 0.6 is 0 Å². The summed E-state index contributed by atoms with van der Waals surface area (Å²) in [6.07, 6.45) is 0. The smallest absolute Gasteiger partial charge is 0.273 e. The van der Waals surface area contributed by atoms with Crippen LogP contribution in [-0.4, -0.2) is 18.0 Å². The van der Waals surface area contributed by atoms with E-state index in [1.807, 2.05) is 12.1 Å². The van der Waals surface area contributed by atoms with Crippen LogP contribution < -0.4 is 4.90 Å². The van der Waals surface area contributed by atoms with E-state index in [-0.39, 0.29) is 11.3 Å². The highest BCUT2D eigenvalue weighted by atomic mass is 19.1. The number of rotatable bonds is 6. The van der Waals surface area contributed by atoms with E-state index in [4.69, 9.17) is 5.26 Å². The molecule has 0 aromatic heterocycles. The Labute approximate surface area is 144 Å². The fourth-order valence-corrected chi connectivity index (χ4v) is 2.30. The zero-order valence-corrected chi connectivity index (χ0v) is 13.8. The summed E-state index contributed by atoms with van der Waals surface area (Å²) in [6.45, 7) is 5.85. The molecular formula is C17H16FN5O2. The minimum Gasteiger partial charge on any atom is -0.372 e. The summed E-state index contributed by atoms with van der Waals surface area (Å²) in [5.41, 5.74) is 0.452. The molecule has 0 fully saturated rings. The third kappa shape index (κ3) is 4.14. The summed E-state index contributed by atoms with van der Waals surface area (Å²) in [4.78, 5) is 12.1. The molecular weight excluding hydrogens is 325 g/mol. The van der Waals surface area contributed by atoms with E-state index in [0.717, 1.165) is 30.9 Å². The molecule has 0 amide bonds. The first-order chi connectivity index (χ1) is 12.0. The normalized spacial score (nSPS) is 10.6. The SMILES string of the molecule is CCN(CC)c1ccc(N=Nc2c(F)cc([N+](=O)[O-])cc2C#N)cc1. The average molecular weight is 341 g/mol. The van der Waals surface area contributed by atoms with Crippen LogP contribution in [0.1, 0.15) is 19.4 Å². The quantitative estimate of drug-likeness (QED) is 0.425. The van der Waals surface area contributed by atoms with Crippen molar-refractivity contribution in [1.82, 2.24) is 0 Å². The van der Waals surface area contributed by atoms with Gasteiger partial charge in [-0.2, -0.15) is 10.4 Å². The predicted octanol–water partition coefficient (Wildman–Crippen LogP) is 4.87. The van der Waals surface area contributed by atoms with Gasteiger partial charge in [0.05, 0.1) is 22.2 Å². The fourth-order valence-electron chi connectivity index (χ4n) is 2.30. The second-order valence-electron chi connectivity index (χ2n) is 5.08. The summed E-state index contributed by atoms with van der Waals surface area (Å²) in [5.74, 6) is -0.964. The summed E-state index contributed by atoms with van der Waals surface area (Å²) in [5, 5.41) is 27.4. The molecule has 7 nitrogen and oxygen atoms in total. The van der Waals surface area contributed by atoms with Gasteiger partial charge in [-0.05, 0) is 38.1 Å². The predicted molar refractivity (Wildman–Crippen MR) is 91.9 cm³/mol. The van der Waals surface area contributed by atoms with Gasteiger partial charge in [-0.3, -0.25) is 10.1 Å². The Morgan fingerprint density at radius 2 is 1.84 bits per heavy atom. The molecule has 0 heterocycles. The Kier molecular flexibility index (Phi) is 5.74. The zero-order valence-electron chi connectivity index (χ0n) is 13.8. The van der Waals surface area contributed by atoms with Gasteiger partial charge in [0.2, 0.25) is 0 Å². The van der Waals surface area contributed by atoms with Gasteiger partial charge < -0.3 is 4.90 Å². The molecule has 0 atom stereocenters. The minimum atomic E-state index is -0.964. The molecule has 0 bridgehead atoms. The van der Waals surface area contributed by atoms with Crippen LogP contribution in [0.3, 0.4) is 0 Å². The standard InChI is InChI=1S/C17H16FN5O2/c1-3-22(4-2)14-7-5-13(6-8-14)20-21-17-12(11-19)9-15(23(24)25)10-16(17)18/h5-10H,3-4H2,1-2H3. The molecule has 0 aliphatic carbocycles. The highest BCUT2D eigenvalue weighted by Crippen LogP contribution is 2.30. The van der Waals surface area contributed by atoms with Gasteiger partial charge >= 0.3 is 0 Å². The molecule has 2 rings (SSSR count). The van der Waals surface area contributed by atoms with Crippen LogP contribution in [0, 0.1) is 27.3 Å². The van der Waals surface area contributed by atoms with E-state index in [9.17, 15) is 14.5 Å². The number of anilines is 1. The highest BCUT2D eigenvalue weighted by molar-refractivity contribution is 5.59. The molecule has 8 heteroatoms. The number of non-ortho nitro benzene ring substituents is 1. The lowest BCUT2D eigenvalue weighted by molar-refractivity contribution is -0.385. The van der Waals surface area contributed by atoms with Gasteiger partial charge in [0, 0.05) is 24.8 Å². The monoisotopic (exact) mass is 341 g/mol. The van der Waals surface area contributed by atoms with E-state index in [1.54, 1.807) is 18.2 Å². The van der Waals surface area contributed by atoms with Crippen molar-refractivity contribution in [3.05, 3.63) is 57.9 Å². The molecule has 128 valence electrons. The number of hydrogen-bond acceptors (Lipinski definition) is 6. The molecule has 25 heavy (non-hydrogen) atoms. The third-order valence-corrected chi connectivity index (χ3v) is 3.62. The second-order valence-corrected chi connectivity index (χ2v) is 5.08. The Morgan fingerprint density at radius 1 is 1.20 bits per heavy atom. The van der Waals surface area contributed by atoms with Crippen molar-refractivity contribution in [1.29, 1.82) is 5.26 Å². The fraction of sp³-hybridized carbons (Fsp3) is 0.235. The van der Waals surface area contributed by atoms with E-state index in [1.165, 1.54) is 0 Å². The molecule has 0 saturated heterocycles. The van der Waals surface area contributed by atoms with Crippen LogP contribution in [0.2, 0.25) is 0 Å². The number of hydrogen-bond donors (Lipinski definition) is 0. The van der Waals surface area contributed by atoms with Crippen molar-refractivity contribution in [2.24, 2.45) is 10.2 Å². The summed E-state index contributed by atoms with van der Waals surface area (Å²) >= 11 is 0. The number of benzene rings is 2. The van der Waals surface area contributed by atoms with Crippen LogP contribution in [0.25, 0.3) is 0 Å². The van der Waals surface area contributed by atoms with Crippen molar-refractivity contribution in [3.8, 4) is 6.07 Å². The van der Waals surface area contributed by atoms with Gasteiger partial charge in [-0.25, -0.2) is 4.39 Å². The number of nitro groups is 1. The van der Waals surface area contributed by atoms with Crippen LogP contribution in [0.4, 0.5) is 27.1 Å². The molecule has 0 aliphatic heterocycles. The first kappa shape index (κ1) is 18.0. The molecule has 0 saturated carbocycles. The largest absolute Gasteiger partial charge is 0.372 e. The molecule has 2 aromatic carbocycles. The molecule has 0 aliphatic rings. The Hall–Kier alpha value is -3.34. The second kappa shape index (κ2) is 7.97. The Balaban J connectivity index is 2.30. The lowest BCUT2D eigenvalue weighted by atomic mass is 10.1. The Bertz CT molecular complexity index is 839. The van der Waals surface area contributed by atoms with Crippen molar-refractivity contribution in [3.63, 3.8) is 0 Å². The first-order valence-corrected chi connectivity index (χ1v) is 7.64. The molecule has 0 spiro atoms. The maximum atomic E-state index is 14.0. The number of nitriles is 1. The lowest BCUT2D eigenvalue weighted by Crippen LogP contribution is -2.21. The first-order valence-electron chi connectivity index (χ1n) is 7.64. The van der Waals surface area contributed by atoms with Gasteiger partial charge in [-0.15, -0.1) is 5.11 Å². The molecule has 0 unspecified atom stereocenters. The number of halogens is 1. The number of azo groups is 1. The van der Waals surface area contributed by atoms with Crippen LogP contribution in [0.5, 0.6) is 0 Å². The van der Waals surface area contributed by atoms with Gasteiger partial charge in [0.1, 0.15) is 11.8 Å². The van der Waals surface area contributed by atoms with Crippen molar-refractivity contribution >= 4 is 22.7 Å². The van der Waals surface area contributed by atoms with Crippen LogP contribution in [-0.2, 0) is 0 Å². The average Bonchev–Trinajstić information content (AvgIpc) is 2.62. The summed E-state index contributed by atoms with van der Waals surface area (Å²) in [6, 6.07) is 10.6. The zero-order chi connectivity index (χ0) is 18.4. The maximum Gasteiger partial charge on any atom is 0.273 e. The van der Waals surface area contributed by atoms with E-state index in [0.29, 0.717) is 5.69 Å². The van der Waals surface area contributed by atoms with Gasteiger partial charge in [-0.1, -0.05) is 0 Å². The van der Waals surface area contributed by atoms with Gasteiger partial charge in [0.25, 0.3) is 5.69 Å². The summed E-state index contributed by atoms with van der Waals surface area (Å²) in [7, 11) is 0. The van der Waals surface area contributed by atoms with Crippen molar-refractivity contribution in [2.45, 2.75) is 13.8 Å². The Morgan fingerprint density at radius 3 is 2.36 bits per heavy atom. The number of nitro benzene ring substituents is 1.